The molecule has 1 aromatic carbocycles. The summed E-state index contributed by atoms with van der Waals surface area (Å²) in [7, 11) is 0. The fraction of sp³-hybridized carbons (Fsp3) is 0.500. The smallest absolute Gasteiger partial charge is 0.254 e. The van der Waals surface area contributed by atoms with Crippen LogP contribution in [-0.2, 0) is 0 Å². The van der Waals surface area contributed by atoms with Gasteiger partial charge in [-0.3, -0.25) is 4.79 Å². The van der Waals surface area contributed by atoms with Gasteiger partial charge in [0.05, 0.1) is 0 Å². The van der Waals surface area contributed by atoms with Crippen molar-refractivity contribution in [2.75, 3.05) is 19.0 Å². The Hall–Kier alpha value is -0.730. The first-order valence-corrected chi connectivity index (χ1v) is 7.14. The van der Waals surface area contributed by atoms with Crippen molar-refractivity contribution in [1.82, 2.24) is 4.90 Å². The molecule has 0 N–H and O–H groups in total. The maximum absolute atomic E-state index is 12.4. The summed E-state index contributed by atoms with van der Waals surface area (Å²) in [5.74, 6) is 1.31. The molecule has 0 aromatic heterocycles. The van der Waals surface area contributed by atoms with Gasteiger partial charge in [-0.2, -0.15) is 0 Å². The maximum Gasteiger partial charge on any atom is 0.254 e. The van der Waals surface area contributed by atoms with Gasteiger partial charge < -0.3 is 4.90 Å². The quantitative estimate of drug-likeness (QED) is 0.775. The van der Waals surface area contributed by atoms with Crippen molar-refractivity contribution in [1.29, 1.82) is 0 Å². The third-order valence-electron chi connectivity index (χ3n) is 3.52. The lowest BCUT2D eigenvalue weighted by Gasteiger charge is -2.18. The van der Waals surface area contributed by atoms with Gasteiger partial charge >= 0.3 is 0 Å². The molecule has 1 heterocycles. The summed E-state index contributed by atoms with van der Waals surface area (Å²) < 4.78 is 0. The van der Waals surface area contributed by atoms with Gasteiger partial charge in [0.15, 0.2) is 0 Å². The highest BCUT2D eigenvalue weighted by atomic mass is 35.5. The van der Waals surface area contributed by atoms with E-state index in [0.29, 0.717) is 22.4 Å². The van der Waals surface area contributed by atoms with Crippen molar-refractivity contribution in [3.05, 3.63) is 34.3 Å². The minimum Gasteiger partial charge on any atom is -0.338 e. The van der Waals surface area contributed by atoms with E-state index in [1.807, 2.05) is 24.0 Å². The van der Waals surface area contributed by atoms with Crippen LogP contribution >= 0.6 is 23.2 Å². The zero-order valence-electron chi connectivity index (χ0n) is 10.5. The van der Waals surface area contributed by atoms with E-state index in [1.165, 1.54) is 0 Å². The number of likely N-dealkylation sites (tertiary alicyclic amines) is 1. The maximum atomic E-state index is 12.4. The van der Waals surface area contributed by atoms with Crippen LogP contribution in [0.2, 0.25) is 5.02 Å². The first kappa shape index (κ1) is 13.7. The Kier molecular flexibility index (Phi) is 4.52. The topological polar surface area (TPSA) is 20.3 Å². The molecule has 1 saturated heterocycles. The first-order chi connectivity index (χ1) is 8.61. The van der Waals surface area contributed by atoms with E-state index in [-0.39, 0.29) is 5.91 Å². The second-order valence-electron chi connectivity index (χ2n) is 4.84. The van der Waals surface area contributed by atoms with E-state index in [0.717, 1.165) is 31.5 Å². The van der Waals surface area contributed by atoms with Gasteiger partial charge in [0.25, 0.3) is 5.91 Å². The van der Waals surface area contributed by atoms with E-state index in [4.69, 9.17) is 23.2 Å². The van der Waals surface area contributed by atoms with Crippen LogP contribution in [0.25, 0.3) is 0 Å². The summed E-state index contributed by atoms with van der Waals surface area (Å²) in [5.41, 5.74) is 1.69. The number of carbonyl (C=O) groups is 1. The Morgan fingerprint density at radius 3 is 3.00 bits per heavy atom. The molecule has 1 amide bonds. The van der Waals surface area contributed by atoms with Crippen molar-refractivity contribution in [2.24, 2.45) is 5.92 Å². The third kappa shape index (κ3) is 2.99. The number of alkyl halides is 1. The van der Waals surface area contributed by atoms with Crippen LogP contribution in [0.15, 0.2) is 18.2 Å². The number of benzene rings is 1. The molecule has 1 unspecified atom stereocenters. The van der Waals surface area contributed by atoms with E-state index < -0.39 is 0 Å². The fourth-order valence-electron chi connectivity index (χ4n) is 2.40. The Morgan fingerprint density at radius 1 is 1.50 bits per heavy atom. The number of aryl methyl sites for hydroxylation is 1. The standard InChI is InChI=1S/C14H17Cl2NO/c1-10-2-3-12(16)8-13(10)14(18)17-7-5-11(9-17)4-6-15/h2-3,8,11H,4-7,9H2,1H3. The molecular weight excluding hydrogens is 269 g/mol. The Morgan fingerprint density at radius 2 is 2.28 bits per heavy atom. The molecule has 1 fully saturated rings. The van der Waals surface area contributed by atoms with Crippen LogP contribution in [-0.4, -0.2) is 29.8 Å². The Bertz CT molecular complexity index is 447. The number of hydrogen-bond donors (Lipinski definition) is 0. The summed E-state index contributed by atoms with van der Waals surface area (Å²) >= 11 is 11.7. The number of amides is 1. The van der Waals surface area contributed by atoms with Gasteiger partial charge in [-0.05, 0) is 43.4 Å². The van der Waals surface area contributed by atoms with Gasteiger partial charge in [0, 0.05) is 29.6 Å². The molecule has 1 aromatic rings. The summed E-state index contributed by atoms with van der Waals surface area (Å²) in [4.78, 5) is 14.3. The number of rotatable bonds is 3. The molecule has 2 rings (SSSR count). The molecule has 1 aliphatic rings. The summed E-state index contributed by atoms with van der Waals surface area (Å²) in [6, 6.07) is 5.46. The van der Waals surface area contributed by atoms with Crippen LogP contribution < -0.4 is 0 Å². The average molecular weight is 286 g/mol. The van der Waals surface area contributed by atoms with Gasteiger partial charge in [-0.1, -0.05) is 17.7 Å². The van der Waals surface area contributed by atoms with Crippen molar-refractivity contribution >= 4 is 29.1 Å². The molecule has 0 spiro atoms. The van der Waals surface area contributed by atoms with Crippen molar-refractivity contribution in [2.45, 2.75) is 19.8 Å². The van der Waals surface area contributed by atoms with Crippen molar-refractivity contribution in [3.63, 3.8) is 0 Å². The van der Waals surface area contributed by atoms with E-state index in [2.05, 4.69) is 0 Å². The summed E-state index contributed by atoms with van der Waals surface area (Å²) in [5, 5.41) is 0.612. The molecule has 18 heavy (non-hydrogen) atoms. The van der Waals surface area contributed by atoms with E-state index in [1.54, 1.807) is 6.07 Å². The van der Waals surface area contributed by atoms with Crippen LogP contribution in [0.5, 0.6) is 0 Å². The second kappa shape index (κ2) is 5.94. The predicted molar refractivity (Wildman–Crippen MR) is 75.5 cm³/mol. The predicted octanol–water partition coefficient (Wildman–Crippen LogP) is 3.74. The Labute approximate surface area is 118 Å². The highest BCUT2D eigenvalue weighted by Gasteiger charge is 2.27. The van der Waals surface area contributed by atoms with Crippen LogP contribution in [0.3, 0.4) is 0 Å². The van der Waals surface area contributed by atoms with Gasteiger partial charge in [0.2, 0.25) is 0 Å². The highest BCUT2D eigenvalue weighted by Crippen LogP contribution is 2.24. The molecule has 2 nitrogen and oxygen atoms in total. The molecule has 1 atom stereocenters. The minimum atomic E-state index is 0.0899. The van der Waals surface area contributed by atoms with Crippen LogP contribution in [0.4, 0.5) is 0 Å². The number of hydrogen-bond acceptors (Lipinski definition) is 1. The van der Waals surface area contributed by atoms with Crippen molar-refractivity contribution in [3.8, 4) is 0 Å². The molecule has 0 aliphatic carbocycles. The van der Waals surface area contributed by atoms with Crippen LogP contribution in [0.1, 0.15) is 28.8 Å². The normalized spacial score (nSPS) is 19.3. The van der Waals surface area contributed by atoms with Crippen LogP contribution in [0, 0.1) is 12.8 Å². The lowest BCUT2D eigenvalue weighted by molar-refractivity contribution is 0.0786. The lowest BCUT2D eigenvalue weighted by atomic mass is 10.1. The molecule has 1 aliphatic heterocycles. The van der Waals surface area contributed by atoms with Gasteiger partial charge in [-0.25, -0.2) is 0 Å². The summed E-state index contributed by atoms with van der Waals surface area (Å²) in [6.07, 6.45) is 2.04. The lowest BCUT2D eigenvalue weighted by Crippen LogP contribution is -2.29. The molecule has 4 heteroatoms. The third-order valence-corrected chi connectivity index (χ3v) is 3.97. The second-order valence-corrected chi connectivity index (χ2v) is 5.66. The van der Waals surface area contributed by atoms with E-state index in [9.17, 15) is 4.79 Å². The largest absolute Gasteiger partial charge is 0.338 e. The molecule has 0 saturated carbocycles. The van der Waals surface area contributed by atoms with Gasteiger partial charge in [-0.15, -0.1) is 11.6 Å². The molecular formula is C14H17Cl2NO. The fourth-order valence-corrected chi connectivity index (χ4v) is 2.88. The monoisotopic (exact) mass is 285 g/mol. The van der Waals surface area contributed by atoms with E-state index >= 15 is 0 Å². The number of carbonyl (C=O) groups excluding carboxylic acids is 1. The SMILES string of the molecule is Cc1ccc(Cl)cc1C(=O)N1CCC(CCCl)C1. The number of nitrogens with zero attached hydrogens (tertiary/aromatic N) is 1. The summed E-state index contributed by atoms with van der Waals surface area (Å²) in [6.45, 7) is 3.58. The zero-order chi connectivity index (χ0) is 13.1. The highest BCUT2D eigenvalue weighted by molar-refractivity contribution is 6.31. The molecule has 98 valence electrons. The molecule has 0 radical (unpaired) electrons. The zero-order valence-corrected chi connectivity index (χ0v) is 12.0. The van der Waals surface area contributed by atoms with Gasteiger partial charge in [0.1, 0.15) is 0 Å². The Balaban J connectivity index is 2.10. The first-order valence-electron chi connectivity index (χ1n) is 6.23. The van der Waals surface area contributed by atoms with Crippen molar-refractivity contribution < 1.29 is 4.79 Å². The minimum absolute atomic E-state index is 0.0899. The average Bonchev–Trinajstić information content (AvgIpc) is 2.80. The molecule has 0 bridgehead atoms. The number of halogens is 2.